The van der Waals surface area contributed by atoms with Crippen molar-refractivity contribution in [3.05, 3.63) is 40.4 Å². The summed E-state index contributed by atoms with van der Waals surface area (Å²) in [6.07, 6.45) is 0.813. The van der Waals surface area contributed by atoms with E-state index in [4.69, 9.17) is 17.3 Å². The average molecular weight is 367 g/mol. The van der Waals surface area contributed by atoms with Gasteiger partial charge >= 0.3 is 0 Å². The molecule has 1 aromatic carbocycles. The first kappa shape index (κ1) is 16.6. The lowest BCUT2D eigenvalue weighted by atomic mass is 10.2. The van der Waals surface area contributed by atoms with E-state index in [0.717, 1.165) is 52.3 Å². The Labute approximate surface area is 149 Å². The molecule has 2 aromatic rings. The number of rotatable bonds is 4. The van der Waals surface area contributed by atoms with Crippen LogP contribution in [0, 0.1) is 0 Å². The lowest BCUT2D eigenvalue weighted by Gasteiger charge is -2.27. The molecule has 0 aliphatic carbocycles. The maximum absolute atomic E-state index is 6.06. The van der Waals surface area contributed by atoms with Crippen LogP contribution in [0.2, 0.25) is 5.02 Å². The van der Waals surface area contributed by atoms with Gasteiger partial charge in [0, 0.05) is 53.5 Å². The van der Waals surface area contributed by atoms with Crippen molar-refractivity contribution < 1.29 is 0 Å². The van der Waals surface area contributed by atoms with E-state index in [1.165, 1.54) is 0 Å². The summed E-state index contributed by atoms with van der Waals surface area (Å²) in [6.45, 7) is 2.67. The van der Waals surface area contributed by atoms with Crippen molar-refractivity contribution in [3.63, 3.8) is 0 Å². The SMILES string of the molecule is NC(=NCCc1csc(-c2ccc(Cl)cc2)n1)N1CCSCC1. The molecule has 0 saturated carbocycles. The van der Waals surface area contributed by atoms with E-state index in [1.54, 1.807) is 11.3 Å². The molecule has 0 bridgehead atoms. The summed E-state index contributed by atoms with van der Waals surface area (Å²) in [5.41, 5.74) is 8.22. The highest BCUT2D eigenvalue weighted by atomic mass is 35.5. The van der Waals surface area contributed by atoms with Crippen molar-refractivity contribution in [2.75, 3.05) is 31.1 Å². The second-order valence-electron chi connectivity index (χ2n) is 5.24. The van der Waals surface area contributed by atoms with E-state index >= 15 is 0 Å². The normalized spacial score (nSPS) is 15.9. The van der Waals surface area contributed by atoms with Crippen molar-refractivity contribution in [3.8, 4) is 10.6 Å². The zero-order valence-corrected chi connectivity index (χ0v) is 15.1. The summed E-state index contributed by atoms with van der Waals surface area (Å²) in [5.74, 6) is 2.93. The first-order valence-corrected chi connectivity index (χ1v) is 9.96. The largest absolute Gasteiger partial charge is 0.370 e. The molecule has 1 fully saturated rings. The highest BCUT2D eigenvalue weighted by Crippen LogP contribution is 2.25. The van der Waals surface area contributed by atoms with Gasteiger partial charge in [-0.05, 0) is 12.1 Å². The molecule has 1 saturated heterocycles. The first-order chi connectivity index (χ1) is 11.2. The van der Waals surface area contributed by atoms with Crippen molar-refractivity contribution in [2.45, 2.75) is 6.42 Å². The smallest absolute Gasteiger partial charge is 0.191 e. The lowest BCUT2D eigenvalue weighted by Crippen LogP contribution is -2.42. The molecule has 0 spiro atoms. The number of nitrogens with two attached hydrogens (primary N) is 1. The second kappa shape index (κ2) is 8.04. The van der Waals surface area contributed by atoms with Crippen molar-refractivity contribution in [1.29, 1.82) is 0 Å². The molecule has 1 aliphatic heterocycles. The lowest BCUT2D eigenvalue weighted by molar-refractivity contribution is 0.456. The highest BCUT2D eigenvalue weighted by Gasteiger charge is 2.12. The van der Waals surface area contributed by atoms with Crippen LogP contribution in [0.4, 0.5) is 0 Å². The van der Waals surface area contributed by atoms with E-state index in [2.05, 4.69) is 20.3 Å². The minimum Gasteiger partial charge on any atom is -0.370 e. The van der Waals surface area contributed by atoms with Gasteiger partial charge in [-0.25, -0.2) is 4.98 Å². The minimum atomic E-state index is 0.665. The van der Waals surface area contributed by atoms with Gasteiger partial charge in [-0.1, -0.05) is 23.7 Å². The molecule has 23 heavy (non-hydrogen) atoms. The van der Waals surface area contributed by atoms with Crippen LogP contribution >= 0.6 is 34.7 Å². The van der Waals surface area contributed by atoms with Crippen LogP contribution in [0.25, 0.3) is 10.6 Å². The fourth-order valence-corrected chi connectivity index (χ4v) is 4.21. The molecule has 0 atom stereocenters. The molecule has 0 amide bonds. The maximum atomic E-state index is 6.06. The maximum Gasteiger partial charge on any atom is 0.191 e. The fraction of sp³-hybridized carbons (Fsp3) is 0.375. The van der Waals surface area contributed by atoms with Crippen LogP contribution in [-0.4, -0.2) is 47.0 Å². The van der Waals surface area contributed by atoms with Gasteiger partial charge in [-0.2, -0.15) is 11.8 Å². The number of nitrogens with zero attached hydrogens (tertiary/aromatic N) is 3. The third-order valence-corrected chi connectivity index (χ3v) is 5.75. The molecule has 2 N–H and O–H groups in total. The fourth-order valence-electron chi connectivity index (χ4n) is 2.32. The summed E-state index contributed by atoms with van der Waals surface area (Å²) in [6, 6.07) is 7.77. The Morgan fingerprint density at radius 2 is 2.00 bits per heavy atom. The Hall–Kier alpha value is -1.24. The number of aromatic nitrogens is 1. The van der Waals surface area contributed by atoms with Gasteiger partial charge in [0.15, 0.2) is 5.96 Å². The minimum absolute atomic E-state index is 0.665. The number of hydrogen-bond donors (Lipinski definition) is 1. The Balaban J connectivity index is 1.55. The van der Waals surface area contributed by atoms with Gasteiger partial charge < -0.3 is 10.6 Å². The molecule has 122 valence electrons. The third kappa shape index (κ3) is 4.62. The highest BCUT2D eigenvalue weighted by molar-refractivity contribution is 7.99. The summed E-state index contributed by atoms with van der Waals surface area (Å²) < 4.78 is 0. The van der Waals surface area contributed by atoms with E-state index in [0.29, 0.717) is 12.5 Å². The van der Waals surface area contributed by atoms with E-state index in [1.807, 2.05) is 36.0 Å². The van der Waals surface area contributed by atoms with Crippen LogP contribution < -0.4 is 5.73 Å². The first-order valence-electron chi connectivity index (χ1n) is 7.55. The van der Waals surface area contributed by atoms with E-state index in [9.17, 15) is 0 Å². The van der Waals surface area contributed by atoms with Gasteiger partial charge in [0.25, 0.3) is 0 Å². The predicted molar refractivity (Wildman–Crippen MR) is 102 cm³/mol. The summed E-state index contributed by atoms with van der Waals surface area (Å²) in [7, 11) is 0. The zero-order chi connectivity index (χ0) is 16.1. The number of hydrogen-bond acceptors (Lipinski definition) is 4. The van der Waals surface area contributed by atoms with E-state index in [-0.39, 0.29) is 0 Å². The quantitative estimate of drug-likeness (QED) is 0.665. The van der Waals surface area contributed by atoms with Crippen molar-refractivity contribution in [2.24, 2.45) is 10.7 Å². The summed E-state index contributed by atoms with van der Waals surface area (Å²) in [4.78, 5) is 11.3. The van der Waals surface area contributed by atoms with Crippen molar-refractivity contribution >= 4 is 40.7 Å². The Bertz CT molecular complexity index is 663. The zero-order valence-electron chi connectivity index (χ0n) is 12.7. The van der Waals surface area contributed by atoms with Gasteiger partial charge in [0.2, 0.25) is 0 Å². The van der Waals surface area contributed by atoms with Crippen LogP contribution in [0.3, 0.4) is 0 Å². The molecular weight excluding hydrogens is 348 g/mol. The molecule has 0 unspecified atom stereocenters. The molecule has 1 aliphatic rings. The standard InChI is InChI=1S/C16H19ClN4S2/c17-13-3-1-12(2-4-13)15-20-14(11-23-15)5-6-19-16(18)21-7-9-22-10-8-21/h1-4,11H,5-10H2,(H2,18,19). The summed E-state index contributed by atoms with van der Waals surface area (Å²) in [5, 5.41) is 3.85. The molecule has 1 aromatic heterocycles. The van der Waals surface area contributed by atoms with Crippen LogP contribution in [0.1, 0.15) is 5.69 Å². The van der Waals surface area contributed by atoms with Gasteiger partial charge in [0.1, 0.15) is 5.01 Å². The average Bonchev–Trinajstić information content (AvgIpc) is 3.05. The van der Waals surface area contributed by atoms with Gasteiger partial charge in [-0.15, -0.1) is 11.3 Å². The van der Waals surface area contributed by atoms with Gasteiger partial charge in [0.05, 0.1) is 5.69 Å². The van der Waals surface area contributed by atoms with E-state index < -0.39 is 0 Å². The topological polar surface area (TPSA) is 54.5 Å². The second-order valence-corrected chi connectivity index (χ2v) is 7.76. The Kier molecular flexibility index (Phi) is 5.80. The molecule has 3 rings (SSSR count). The third-order valence-electron chi connectivity index (χ3n) is 3.62. The monoisotopic (exact) mass is 366 g/mol. The number of thiazole rings is 1. The summed E-state index contributed by atoms with van der Waals surface area (Å²) >= 11 is 9.54. The van der Waals surface area contributed by atoms with Gasteiger partial charge in [-0.3, -0.25) is 4.99 Å². The Morgan fingerprint density at radius 3 is 2.74 bits per heavy atom. The molecule has 7 heteroatoms. The van der Waals surface area contributed by atoms with Crippen LogP contribution in [0.5, 0.6) is 0 Å². The predicted octanol–water partition coefficient (Wildman–Crippen LogP) is 3.37. The Morgan fingerprint density at radius 1 is 1.26 bits per heavy atom. The number of halogens is 1. The number of aliphatic imine (C=N–C) groups is 1. The number of thioether (sulfide) groups is 1. The van der Waals surface area contributed by atoms with Crippen LogP contribution in [0.15, 0.2) is 34.6 Å². The molecule has 2 heterocycles. The molecule has 0 radical (unpaired) electrons. The number of guanidine groups is 1. The van der Waals surface area contributed by atoms with Crippen LogP contribution in [-0.2, 0) is 6.42 Å². The molecular formula is C16H19ClN4S2. The molecule has 4 nitrogen and oxygen atoms in total. The van der Waals surface area contributed by atoms with Crippen molar-refractivity contribution in [1.82, 2.24) is 9.88 Å². The number of benzene rings is 1.